The van der Waals surface area contributed by atoms with Gasteiger partial charge in [0.2, 0.25) is 0 Å². The quantitative estimate of drug-likeness (QED) is 0.602. The number of nitro benzene ring substituents is 1. The van der Waals surface area contributed by atoms with Crippen molar-refractivity contribution in [2.45, 2.75) is 6.04 Å². The molecule has 2 aromatic carbocycles. The van der Waals surface area contributed by atoms with Gasteiger partial charge >= 0.3 is 0 Å². The summed E-state index contributed by atoms with van der Waals surface area (Å²) in [5.74, 6) is 0.116. The second kappa shape index (κ2) is 9.55. The summed E-state index contributed by atoms with van der Waals surface area (Å²) in [6.45, 7) is 1.69. The van der Waals surface area contributed by atoms with Crippen LogP contribution in [-0.4, -0.2) is 42.0 Å². The van der Waals surface area contributed by atoms with Crippen LogP contribution in [0.15, 0.2) is 48.5 Å². The highest BCUT2D eigenvalue weighted by Crippen LogP contribution is 2.25. The molecule has 144 valence electrons. The molecule has 0 radical (unpaired) electrons. The third-order valence-corrected chi connectivity index (χ3v) is 4.42. The van der Waals surface area contributed by atoms with Gasteiger partial charge in [0.05, 0.1) is 17.0 Å². The van der Waals surface area contributed by atoms with E-state index in [9.17, 15) is 14.9 Å². The number of hydrogen-bond donors (Lipinski definition) is 1. The fourth-order valence-corrected chi connectivity index (χ4v) is 3.13. The van der Waals surface area contributed by atoms with Crippen LogP contribution in [-0.2, 0) is 4.79 Å². The van der Waals surface area contributed by atoms with Crippen molar-refractivity contribution in [3.63, 3.8) is 0 Å². The molecule has 1 heterocycles. The second-order valence-corrected chi connectivity index (χ2v) is 6.34. The average molecular weight is 412 g/mol. The summed E-state index contributed by atoms with van der Waals surface area (Å²) in [4.78, 5) is 24.7. The molecule has 0 aliphatic carbocycles. The summed E-state index contributed by atoms with van der Waals surface area (Å²) in [5, 5.41) is 14.7. The summed E-state index contributed by atoms with van der Waals surface area (Å²) in [6.07, 6.45) is 0. The van der Waals surface area contributed by atoms with Crippen LogP contribution in [0.4, 0.5) is 5.69 Å². The Kier molecular flexibility index (Phi) is 7.41. The van der Waals surface area contributed by atoms with Gasteiger partial charge < -0.3 is 15.0 Å². The van der Waals surface area contributed by atoms with Gasteiger partial charge in [-0.25, -0.2) is 0 Å². The fourth-order valence-electron chi connectivity index (χ4n) is 2.93. The lowest BCUT2D eigenvalue weighted by Crippen LogP contribution is -2.50. The Morgan fingerprint density at radius 2 is 2.07 bits per heavy atom. The standard InChI is InChI=1S/C18H18ClN3O4.ClH/c19-14-4-1-3-13(9-14)17-11-20-7-8-21(17)18(23)12-26-16-6-2-5-15(10-16)22(24)25;/h1-6,9-10,17,20H,7-8,11-12H2;1H. The molecule has 1 saturated heterocycles. The minimum Gasteiger partial charge on any atom is -0.484 e. The number of carbonyl (C=O) groups excluding carboxylic acids is 1. The number of nitrogens with one attached hydrogen (secondary N) is 1. The molecule has 1 unspecified atom stereocenters. The summed E-state index contributed by atoms with van der Waals surface area (Å²) in [6, 6.07) is 13.1. The summed E-state index contributed by atoms with van der Waals surface area (Å²) >= 11 is 6.07. The van der Waals surface area contributed by atoms with E-state index in [-0.39, 0.29) is 36.7 Å². The molecule has 0 bridgehead atoms. The molecule has 0 saturated carbocycles. The second-order valence-electron chi connectivity index (χ2n) is 5.91. The number of ether oxygens (including phenoxy) is 1. The molecule has 7 nitrogen and oxygen atoms in total. The molecule has 0 spiro atoms. The highest BCUT2D eigenvalue weighted by Gasteiger charge is 2.28. The third kappa shape index (κ3) is 5.32. The minimum absolute atomic E-state index is 0. The van der Waals surface area contributed by atoms with Crippen molar-refractivity contribution in [2.24, 2.45) is 0 Å². The first-order valence-corrected chi connectivity index (χ1v) is 8.55. The topological polar surface area (TPSA) is 84.7 Å². The lowest BCUT2D eigenvalue weighted by molar-refractivity contribution is -0.384. The Bertz CT molecular complexity index is 819. The Labute approximate surface area is 167 Å². The molecule has 2 aromatic rings. The Morgan fingerprint density at radius 1 is 1.30 bits per heavy atom. The van der Waals surface area contributed by atoms with E-state index in [2.05, 4.69) is 5.32 Å². The smallest absolute Gasteiger partial charge is 0.273 e. The van der Waals surface area contributed by atoms with E-state index in [0.29, 0.717) is 30.4 Å². The largest absolute Gasteiger partial charge is 0.484 e. The summed E-state index contributed by atoms with van der Waals surface area (Å²) in [7, 11) is 0. The van der Waals surface area contributed by atoms with E-state index in [1.165, 1.54) is 18.2 Å². The van der Waals surface area contributed by atoms with Crippen molar-refractivity contribution in [3.05, 3.63) is 69.2 Å². The molecule has 1 aliphatic rings. The molecule has 0 aromatic heterocycles. The minimum atomic E-state index is -0.500. The van der Waals surface area contributed by atoms with E-state index < -0.39 is 4.92 Å². The number of carbonyl (C=O) groups is 1. The van der Waals surface area contributed by atoms with Crippen LogP contribution < -0.4 is 10.1 Å². The predicted molar refractivity (Wildman–Crippen MR) is 105 cm³/mol. The summed E-state index contributed by atoms with van der Waals surface area (Å²) < 4.78 is 5.48. The van der Waals surface area contributed by atoms with E-state index in [0.717, 1.165) is 5.56 Å². The molecule has 9 heteroatoms. The first-order chi connectivity index (χ1) is 12.5. The van der Waals surface area contributed by atoms with Gasteiger partial charge in [-0.05, 0) is 23.8 Å². The third-order valence-electron chi connectivity index (χ3n) is 4.19. The van der Waals surface area contributed by atoms with Gasteiger partial charge in [-0.15, -0.1) is 12.4 Å². The van der Waals surface area contributed by atoms with Gasteiger partial charge in [0, 0.05) is 30.7 Å². The van der Waals surface area contributed by atoms with Crippen LogP contribution >= 0.6 is 24.0 Å². The highest BCUT2D eigenvalue weighted by molar-refractivity contribution is 6.30. The first-order valence-electron chi connectivity index (χ1n) is 8.17. The number of piperazine rings is 1. The summed E-state index contributed by atoms with van der Waals surface area (Å²) in [5.41, 5.74) is 0.877. The van der Waals surface area contributed by atoms with Crippen LogP contribution in [0.2, 0.25) is 5.02 Å². The number of rotatable bonds is 5. The average Bonchev–Trinajstić information content (AvgIpc) is 2.66. The van der Waals surface area contributed by atoms with Gasteiger partial charge in [-0.3, -0.25) is 14.9 Å². The molecule has 27 heavy (non-hydrogen) atoms. The van der Waals surface area contributed by atoms with Crippen LogP contribution in [0.5, 0.6) is 5.75 Å². The van der Waals surface area contributed by atoms with E-state index in [4.69, 9.17) is 16.3 Å². The number of non-ortho nitro benzene ring substituents is 1. The Hall–Kier alpha value is -2.35. The van der Waals surface area contributed by atoms with Crippen LogP contribution in [0.1, 0.15) is 11.6 Å². The number of hydrogen-bond acceptors (Lipinski definition) is 5. The van der Waals surface area contributed by atoms with Crippen molar-refractivity contribution in [3.8, 4) is 5.75 Å². The molecular formula is C18H19Cl2N3O4. The lowest BCUT2D eigenvalue weighted by atomic mass is 10.0. The van der Waals surface area contributed by atoms with Crippen LogP contribution in [0.3, 0.4) is 0 Å². The van der Waals surface area contributed by atoms with Crippen molar-refractivity contribution in [1.29, 1.82) is 0 Å². The lowest BCUT2D eigenvalue weighted by Gasteiger charge is -2.36. The number of nitro groups is 1. The number of nitrogens with zero attached hydrogens (tertiary/aromatic N) is 2. The molecule has 1 N–H and O–H groups in total. The van der Waals surface area contributed by atoms with Crippen molar-refractivity contribution >= 4 is 35.6 Å². The molecule has 1 fully saturated rings. The zero-order valence-corrected chi connectivity index (χ0v) is 15.9. The number of halogens is 2. The zero-order chi connectivity index (χ0) is 18.5. The van der Waals surface area contributed by atoms with Gasteiger partial charge in [-0.1, -0.05) is 29.8 Å². The Morgan fingerprint density at radius 3 is 2.81 bits per heavy atom. The van der Waals surface area contributed by atoms with Crippen molar-refractivity contribution in [1.82, 2.24) is 10.2 Å². The maximum absolute atomic E-state index is 12.7. The molecule has 3 rings (SSSR count). The fraction of sp³-hybridized carbons (Fsp3) is 0.278. The van der Waals surface area contributed by atoms with E-state index in [1.54, 1.807) is 17.0 Å². The maximum atomic E-state index is 12.7. The molecule has 1 atom stereocenters. The first kappa shape index (κ1) is 21.0. The molecule has 1 aliphatic heterocycles. The highest BCUT2D eigenvalue weighted by atomic mass is 35.5. The van der Waals surface area contributed by atoms with Gasteiger partial charge in [0.1, 0.15) is 5.75 Å². The van der Waals surface area contributed by atoms with E-state index >= 15 is 0 Å². The number of benzene rings is 2. The van der Waals surface area contributed by atoms with Crippen molar-refractivity contribution in [2.75, 3.05) is 26.2 Å². The monoisotopic (exact) mass is 411 g/mol. The number of amides is 1. The normalized spacial score (nSPS) is 16.3. The van der Waals surface area contributed by atoms with Gasteiger partial charge in [0.25, 0.3) is 11.6 Å². The van der Waals surface area contributed by atoms with E-state index in [1.807, 2.05) is 18.2 Å². The molecule has 1 amide bonds. The van der Waals surface area contributed by atoms with Crippen LogP contribution in [0, 0.1) is 10.1 Å². The maximum Gasteiger partial charge on any atom is 0.273 e. The zero-order valence-electron chi connectivity index (χ0n) is 14.3. The Balaban J connectivity index is 0.00000261. The van der Waals surface area contributed by atoms with Gasteiger partial charge in [0.15, 0.2) is 6.61 Å². The predicted octanol–water partition coefficient (Wildman–Crippen LogP) is 3.22. The van der Waals surface area contributed by atoms with Crippen molar-refractivity contribution < 1.29 is 14.5 Å². The SMILES string of the molecule is Cl.O=C(COc1cccc([N+](=O)[O-])c1)N1CCNCC1c1cccc(Cl)c1. The molecular weight excluding hydrogens is 393 g/mol. The van der Waals surface area contributed by atoms with Crippen LogP contribution in [0.25, 0.3) is 0 Å². The van der Waals surface area contributed by atoms with Gasteiger partial charge in [-0.2, -0.15) is 0 Å².